The quantitative estimate of drug-likeness (QED) is 0.525. The van der Waals surface area contributed by atoms with Crippen molar-refractivity contribution in [3.63, 3.8) is 0 Å². The molecule has 4 heteroatoms. The van der Waals surface area contributed by atoms with Crippen molar-refractivity contribution in [3.8, 4) is 5.75 Å². The Labute approximate surface area is 194 Å². The lowest BCUT2D eigenvalue weighted by Crippen LogP contribution is -2.50. The van der Waals surface area contributed by atoms with Crippen LogP contribution in [0.4, 0.5) is 5.69 Å². The third-order valence-corrected chi connectivity index (χ3v) is 7.36. The average molecular weight is 437 g/mol. The first-order valence-corrected chi connectivity index (χ1v) is 12.0. The van der Waals surface area contributed by atoms with Gasteiger partial charge in [0, 0.05) is 37.4 Å². The van der Waals surface area contributed by atoms with Gasteiger partial charge in [0.2, 0.25) is 0 Å². The van der Waals surface area contributed by atoms with E-state index < -0.39 is 0 Å². The predicted octanol–water partition coefficient (Wildman–Crippen LogP) is 5.79. The Morgan fingerprint density at radius 1 is 0.875 bits per heavy atom. The monoisotopic (exact) mass is 436 g/mol. The van der Waals surface area contributed by atoms with Crippen LogP contribution in [0.25, 0.3) is 0 Å². The molecule has 0 atom stereocenters. The van der Waals surface area contributed by atoms with Gasteiger partial charge >= 0.3 is 0 Å². The highest BCUT2D eigenvalue weighted by atomic mass is 16.5. The van der Waals surface area contributed by atoms with Gasteiger partial charge in [-0.1, -0.05) is 71.9 Å². The maximum atomic E-state index is 12.9. The summed E-state index contributed by atoms with van der Waals surface area (Å²) in [5.74, 6) is 0.903. The molecule has 3 rings (SSSR count). The summed E-state index contributed by atoms with van der Waals surface area (Å²) in [7, 11) is 0. The molecule has 0 aliphatic carbocycles. The Morgan fingerprint density at radius 2 is 1.50 bits per heavy atom. The van der Waals surface area contributed by atoms with Crippen molar-refractivity contribution in [2.45, 2.75) is 65.2 Å². The summed E-state index contributed by atoms with van der Waals surface area (Å²) in [6.45, 7) is 16.8. The van der Waals surface area contributed by atoms with Crippen molar-refractivity contribution < 1.29 is 9.53 Å². The van der Waals surface area contributed by atoms with Crippen molar-refractivity contribution >= 4 is 11.6 Å². The molecule has 0 spiro atoms. The number of benzene rings is 2. The van der Waals surface area contributed by atoms with Crippen LogP contribution < -0.4 is 9.64 Å². The number of rotatable bonds is 8. The van der Waals surface area contributed by atoms with Gasteiger partial charge in [0.05, 0.1) is 0 Å². The molecule has 1 aliphatic heterocycles. The molecule has 0 radical (unpaired) electrons. The molecule has 174 valence electrons. The van der Waals surface area contributed by atoms with E-state index in [-0.39, 0.29) is 23.3 Å². The van der Waals surface area contributed by atoms with Gasteiger partial charge in [-0.2, -0.15) is 0 Å². The van der Waals surface area contributed by atoms with Gasteiger partial charge in [-0.3, -0.25) is 4.79 Å². The predicted molar refractivity (Wildman–Crippen MR) is 134 cm³/mol. The number of carbonyl (C=O) groups is 1. The maximum absolute atomic E-state index is 12.9. The van der Waals surface area contributed by atoms with Crippen LogP contribution in [0, 0.1) is 0 Å². The molecule has 0 N–H and O–H groups in total. The first-order chi connectivity index (χ1) is 15.2. The summed E-state index contributed by atoms with van der Waals surface area (Å²) in [6.07, 6.45) is 2.08. The summed E-state index contributed by atoms with van der Waals surface area (Å²) in [6, 6.07) is 16.9. The van der Waals surface area contributed by atoms with Crippen molar-refractivity contribution in [1.82, 2.24) is 4.90 Å². The van der Waals surface area contributed by atoms with Gasteiger partial charge < -0.3 is 14.5 Å². The second kappa shape index (κ2) is 9.97. The summed E-state index contributed by atoms with van der Waals surface area (Å²) in [5, 5.41) is 0. The second-order valence-corrected chi connectivity index (χ2v) is 10.2. The molecule has 4 nitrogen and oxygen atoms in total. The van der Waals surface area contributed by atoms with E-state index in [1.54, 1.807) is 0 Å². The van der Waals surface area contributed by atoms with Crippen molar-refractivity contribution in [3.05, 3.63) is 59.7 Å². The van der Waals surface area contributed by atoms with Crippen molar-refractivity contribution in [1.29, 1.82) is 0 Å². The molecule has 2 aromatic carbocycles. The van der Waals surface area contributed by atoms with Gasteiger partial charge in [0.15, 0.2) is 6.61 Å². The Balaban J connectivity index is 1.66. The van der Waals surface area contributed by atoms with E-state index in [4.69, 9.17) is 4.74 Å². The second-order valence-electron chi connectivity index (χ2n) is 10.2. The lowest BCUT2D eigenvalue weighted by Gasteiger charge is -2.36. The fourth-order valence-electron chi connectivity index (χ4n) is 4.08. The molecule has 0 bridgehead atoms. The fourth-order valence-corrected chi connectivity index (χ4v) is 4.08. The largest absolute Gasteiger partial charge is 0.483 e. The summed E-state index contributed by atoms with van der Waals surface area (Å²) < 4.78 is 6.15. The maximum Gasteiger partial charge on any atom is 0.260 e. The van der Waals surface area contributed by atoms with Crippen molar-refractivity contribution in [2.75, 3.05) is 37.7 Å². The summed E-state index contributed by atoms with van der Waals surface area (Å²) in [4.78, 5) is 17.2. The Morgan fingerprint density at radius 3 is 2.09 bits per heavy atom. The lowest BCUT2D eigenvalue weighted by molar-refractivity contribution is -0.133. The van der Waals surface area contributed by atoms with E-state index in [9.17, 15) is 4.79 Å². The average Bonchev–Trinajstić information content (AvgIpc) is 2.83. The Kier molecular flexibility index (Phi) is 7.53. The molecule has 1 heterocycles. The minimum Gasteiger partial charge on any atom is -0.483 e. The Hall–Kier alpha value is -2.49. The number of ether oxygens (including phenoxy) is 1. The van der Waals surface area contributed by atoms with E-state index >= 15 is 0 Å². The third kappa shape index (κ3) is 5.46. The number of carbonyl (C=O) groups excluding carboxylic acids is 1. The first-order valence-electron chi connectivity index (χ1n) is 12.0. The van der Waals surface area contributed by atoms with E-state index in [1.807, 2.05) is 11.0 Å². The lowest BCUT2D eigenvalue weighted by atomic mass is 9.76. The number of piperazine rings is 1. The minimum atomic E-state index is -0.0144. The standard InChI is InChI=1S/C28H40N2O2/c1-7-27(3,4)22-14-15-25(24(20-22)28(5,6)8-2)32-21-26(31)30-18-16-29(17-19-30)23-12-10-9-11-13-23/h9-15,20H,7-8,16-19,21H2,1-6H3. The van der Waals surface area contributed by atoms with Gasteiger partial charge in [-0.25, -0.2) is 0 Å². The van der Waals surface area contributed by atoms with Gasteiger partial charge in [-0.15, -0.1) is 0 Å². The number of amides is 1. The molecular weight excluding hydrogens is 396 g/mol. The molecule has 0 saturated carbocycles. The van der Waals surface area contributed by atoms with Crippen molar-refractivity contribution in [2.24, 2.45) is 0 Å². The molecule has 32 heavy (non-hydrogen) atoms. The molecule has 1 aliphatic rings. The van der Waals surface area contributed by atoms with Crippen LogP contribution in [-0.2, 0) is 15.6 Å². The molecule has 1 saturated heterocycles. The highest BCUT2D eigenvalue weighted by molar-refractivity contribution is 5.78. The summed E-state index contributed by atoms with van der Waals surface area (Å²) >= 11 is 0. The van der Waals surface area contributed by atoms with Gasteiger partial charge in [-0.05, 0) is 47.4 Å². The molecule has 1 fully saturated rings. The highest BCUT2D eigenvalue weighted by Crippen LogP contribution is 2.38. The zero-order chi connectivity index (χ0) is 23.4. The smallest absolute Gasteiger partial charge is 0.260 e. The van der Waals surface area contributed by atoms with E-state index in [2.05, 4.69) is 88.9 Å². The number of para-hydroxylation sites is 1. The zero-order valence-corrected chi connectivity index (χ0v) is 20.8. The molecule has 2 aromatic rings. The van der Waals surface area contributed by atoms with Crippen LogP contribution in [-0.4, -0.2) is 43.6 Å². The third-order valence-electron chi connectivity index (χ3n) is 7.36. The minimum absolute atomic E-state index is 0.0144. The molecule has 0 unspecified atom stereocenters. The van der Waals surface area contributed by atoms with Crippen LogP contribution in [0.15, 0.2) is 48.5 Å². The van der Waals surface area contributed by atoms with E-state index in [1.165, 1.54) is 16.8 Å². The first kappa shape index (κ1) is 24.2. The topological polar surface area (TPSA) is 32.8 Å². The van der Waals surface area contributed by atoms with Crippen LogP contribution in [0.3, 0.4) is 0 Å². The summed E-state index contributed by atoms with van der Waals surface area (Å²) in [5.41, 5.74) is 3.84. The fraction of sp³-hybridized carbons (Fsp3) is 0.536. The normalized spacial score (nSPS) is 15.1. The van der Waals surface area contributed by atoms with Crippen LogP contribution in [0.1, 0.15) is 65.5 Å². The molecular formula is C28H40N2O2. The molecule has 0 aromatic heterocycles. The number of anilines is 1. The van der Waals surface area contributed by atoms with Crippen LogP contribution >= 0.6 is 0 Å². The Bertz CT molecular complexity index is 897. The van der Waals surface area contributed by atoms with E-state index in [0.29, 0.717) is 0 Å². The van der Waals surface area contributed by atoms with Gasteiger partial charge in [0.25, 0.3) is 5.91 Å². The SMILES string of the molecule is CCC(C)(C)c1ccc(OCC(=O)N2CCN(c3ccccc3)CC2)c(C(C)(C)CC)c1. The number of hydrogen-bond donors (Lipinski definition) is 0. The molecule has 1 amide bonds. The number of nitrogens with zero attached hydrogens (tertiary/aromatic N) is 2. The van der Waals surface area contributed by atoms with E-state index in [0.717, 1.165) is 44.8 Å². The zero-order valence-electron chi connectivity index (χ0n) is 20.8. The number of hydrogen-bond acceptors (Lipinski definition) is 3. The van der Waals surface area contributed by atoms with Crippen LogP contribution in [0.5, 0.6) is 5.75 Å². The van der Waals surface area contributed by atoms with Crippen LogP contribution in [0.2, 0.25) is 0 Å². The highest BCUT2D eigenvalue weighted by Gasteiger charge is 2.27. The van der Waals surface area contributed by atoms with Gasteiger partial charge in [0.1, 0.15) is 5.75 Å².